The number of rotatable bonds is 1. The summed E-state index contributed by atoms with van der Waals surface area (Å²) >= 11 is 2.93. The molecule has 0 aliphatic rings. The van der Waals surface area contributed by atoms with Crippen LogP contribution < -0.4 is 12.4 Å². The van der Waals surface area contributed by atoms with Gasteiger partial charge in [0.25, 0.3) is 10.1 Å². The molecule has 0 saturated heterocycles. The van der Waals surface area contributed by atoms with E-state index in [4.69, 9.17) is 9.95 Å². The van der Waals surface area contributed by atoms with E-state index >= 15 is 0 Å². The molecule has 76 valence electrons. The van der Waals surface area contributed by atoms with Crippen molar-refractivity contribution in [3.8, 4) is 0 Å². The maximum absolute atomic E-state index is 10.7. The molecule has 0 aliphatic carbocycles. The summed E-state index contributed by atoms with van der Waals surface area (Å²) in [7, 11) is -4.28. The van der Waals surface area contributed by atoms with Crippen molar-refractivity contribution < 1.29 is 25.4 Å². The molecular formula is C6H4BrClN2O3S. The minimum atomic E-state index is -4.28. The Labute approximate surface area is 95.0 Å². The zero-order valence-corrected chi connectivity index (χ0v) is 9.71. The first-order valence-electron chi connectivity index (χ1n) is 3.07. The largest absolute Gasteiger partial charge is 1.00 e. The van der Waals surface area contributed by atoms with Crippen molar-refractivity contribution in [2.45, 2.75) is 4.90 Å². The Morgan fingerprint density at radius 3 is 2.43 bits per heavy atom. The minimum absolute atomic E-state index is 0. The van der Waals surface area contributed by atoms with E-state index in [1.807, 2.05) is 0 Å². The summed E-state index contributed by atoms with van der Waals surface area (Å²) in [6, 6.07) is 3.79. The van der Waals surface area contributed by atoms with Gasteiger partial charge >= 0.3 is 5.69 Å². The van der Waals surface area contributed by atoms with Gasteiger partial charge < -0.3 is 12.4 Å². The third-order valence-electron chi connectivity index (χ3n) is 1.31. The van der Waals surface area contributed by atoms with E-state index in [-0.39, 0.29) is 27.5 Å². The summed E-state index contributed by atoms with van der Waals surface area (Å²) in [5.41, 5.74) is 0.0517. The SMILES string of the molecule is N#[N+]c1ccc(Br)c(S(=O)(=O)O)c1.[Cl-]. The van der Waals surface area contributed by atoms with Crippen LogP contribution in [0, 0.1) is 5.39 Å². The monoisotopic (exact) mass is 298 g/mol. The predicted octanol–water partition coefficient (Wildman–Crippen LogP) is -0.816. The lowest BCUT2D eigenvalue weighted by Crippen LogP contribution is -3.00. The lowest BCUT2D eigenvalue weighted by Gasteiger charge is -1.96. The lowest BCUT2D eigenvalue weighted by atomic mass is 10.3. The molecule has 0 aliphatic heterocycles. The molecule has 0 atom stereocenters. The summed E-state index contributed by atoms with van der Waals surface area (Å²) in [5.74, 6) is 0. The second-order valence-electron chi connectivity index (χ2n) is 2.19. The van der Waals surface area contributed by atoms with Crippen LogP contribution in [0.25, 0.3) is 4.98 Å². The van der Waals surface area contributed by atoms with Gasteiger partial charge in [-0.15, -0.1) is 0 Å². The first-order chi connectivity index (χ1) is 5.95. The summed E-state index contributed by atoms with van der Waals surface area (Å²) in [6.45, 7) is 0. The highest BCUT2D eigenvalue weighted by Gasteiger charge is 2.18. The number of hydrogen-bond donors (Lipinski definition) is 1. The highest BCUT2D eigenvalue weighted by molar-refractivity contribution is 9.10. The Hall–Kier alpha value is -0.680. The van der Waals surface area contributed by atoms with Crippen LogP contribution in [0.2, 0.25) is 0 Å². The number of diazo groups is 1. The van der Waals surface area contributed by atoms with Gasteiger partial charge in [0, 0.05) is 10.5 Å². The van der Waals surface area contributed by atoms with Crippen LogP contribution in [0.3, 0.4) is 0 Å². The van der Waals surface area contributed by atoms with Gasteiger partial charge in [0.1, 0.15) is 4.90 Å². The van der Waals surface area contributed by atoms with Crippen molar-refractivity contribution in [1.82, 2.24) is 0 Å². The van der Waals surface area contributed by atoms with Gasteiger partial charge in [-0.05, 0) is 22.0 Å². The van der Waals surface area contributed by atoms with E-state index < -0.39 is 10.1 Å². The van der Waals surface area contributed by atoms with Gasteiger partial charge in [-0.2, -0.15) is 8.42 Å². The fraction of sp³-hybridized carbons (Fsp3) is 0. The predicted molar refractivity (Wildman–Crippen MR) is 48.7 cm³/mol. The highest BCUT2D eigenvalue weighted by atomic mass is 79.9. The zero-order valence-electron chi connectivity index (χ0n) is 6.55. The highest BCUT2D eigenvalue weighted by Crippen LogP contribution is 2.26. The fourth-order valence-electron chi connectivity index (χ4n) is 0.752. The van der Waals surface area contributed by atoms with Crippen LogP contribution in [0.1, 0.15) is 0 Å². The van der Waals surface area contributed by atoms with Crippen molar-refractivity contribution >= 4 is 31.7 Å². The van der Waals surface area contributed by atoms with Crippen LogP contribution in [0.5, 0.6) is 0 Å². The molecule has 0 fully saturated rings. The van der Waals surface area contributed by atoms with Crippen molar-refractivity contribution in [3.63, 3.8) is 0 Å². The molecule has 0 bridgehead atoms. The first kappa shape index (κ1) is 13.3. The third-order valence-corrected chi connectivity index (χ3v) is 3.16. The van der Waals surface area contributed by atoms with Crippen LogP contribution in [-0.2, 0) is 10.1 Å². The lowest BCUT2D eigenvalue weighted by molar-refractivity contribution is -0.00000690. The smallest absolute Gasteiger partial charge is 0.386 e. The van der Waals surface area contributed by atoms with E-state index in [2.05, 4.69) is 20.9 Å². The Bertz CT molecular complexity index is 482. The maximum atomic E-state index is 10.7. The van der Waals surface area contributed by atoms with Crippen LogP contribution in [-0.4, -0.2) is 13.0 Å². The molecule has 1 aromatic carbocycles. The van der Waals surface area contributed by atoms with Gasteiger partial charge in [-0.3, -0.25) is 4.55 Å². The van der Waals surface area contributed by atoms with Crippen LogP contribution >= 0.6 is 15.9 Å². The van der Waals surface area contributed by atoms with Crippen molar-refractivity contribution in [3.05, 3.63) is 27.6 Å². The molecule has 5 nitrogen and oxygen atoms in total. The first-order valence-corrected chi connectivity index (χ1v) is 5.30. The Balaban J connectivity index is 0.00000169. The van der Waals surface area contributed by atoms with Gasteiger partial charge in [0.2, 0.25) is 5.39 Å². The van der Waals surface area contributed by atoms with Crippen LogP contribution in [0.4, 0.5) is 5.69 Å². The summed E-state index contributed by atoms with van der Waals surface area (Å²) in [5, 5.41) is 8.35. The normalized spacial score (nSPS) is 10.1. The van der Waals surface area contributed by atoms with E-state index in [9.17, 15) is 8.42 Å². The maximum Gasteiger partial charge on any atom is 0.386 e. The zero-order chi connectivity index (χ0) is 10.1. The molecule has 0 heterocycles. The molecule has 1 aromatic rings. The third kappa shape index (κ3) is 2.92. The van der Waals surface area contributed by atoms with E-state index in [1.54, 1.807) is 0 Å². The molecule has 1 N–H and O–H groups in total. The van der Waals surface area contributed by atoms with Gasteiger partial charge in [0.05, 0.1) is 6.07 Å². The van der Waals surface area contributed by atoms with E-state index in [0.717, 1.165) is 6.07 Å². The average Bonchev–Trinajstić information content (AvgIpc) is 2.03. The fourth-order valence-corrected chi connectivity index (χ4v) is 2.20. The molecule has 0 aromatic heterocycles. The second-order valence-corrected chi connectivity index (χ2v) is 4.43. The average molecular weight is 300 g/mol. The van der Waals surface area contributed by atoms with E-state index in [1.165, 1.54) is 12.1 Å². The minimum Gasteiger partial charge on any atom is -1.00 e. The molecule has 0 radical (unpaired) electrons. The van der Waals surface area contributed by atoms with Crippen LogP contribution in [0.15, 0.2) is 27.6 Å². The molecule has 1 rings (SSSR count). The molecule has 0 unspecified atom stereocenters. The molecule has 0 amide bonds. The van der Waals surface area contributed by atoms with Crippen molar-refractivity contribution in [1.29, 1.82) is 5.39 Å². The van der Waals surface area contributed by atoms with E-state index in [0.29, 0.717) is 0 Å². The number of benzene rings is 1. The molecular weight excluding hydrogens is 296 g/mol. The Morgan fingerprint density at radius 1 is 1.43 bits per heavy atom. The molecule has 0 spiro atoms. The molecule has 8 heteroatoms. The summed E-state index contributed by atoms with van der Waals surface area (Å²) in [4.78, 5) is 2.46. The molecule has 14 heavy (non-hydrogen) atoms. The van der Waals surface area contributed by atoms with Gasteiger partial charge in [0.15, 0.2) is 4.98 Å². The summed E-state index contributed by atoms with van der Waals surface area (Å²) < 4.78 is 30.4. The summed E-state index contributed by atoms with van der Waals surface area (Å²) in [6.07, 6.45) is 0. The number of halogens is 2. The Kier molecular flexibility index (Phi) is 4.48. The Morgan fingerprint density at radius 2 is 2.00 bits per heavy atom. The second kappa shape index (κ2) is 4.70. The molecule has 0 saturated carbocycles. The van der Waals surface area contributed by atoms with Crippen molar-refractivity contribution in [2.75, 3.05) is 0 Å². The van der Waals surface area contributed by atoms with Gasteiger partial charge in [-0.1, -0.05) is 0 Å². The van der Waals surface area contributed by atoms with Crippen molar-refractivity contribution in [2.24, 2.45) is 0 Å². The number of hydrogen-bond acceptors (Lipinski definition) is 3. The topological polar surface area (TPSA) is 82.5 Å². The number of nitrogens with zero attached hydrogens (tertiary/aromatic N) is 2. The standard InChI is InChI=1S/C6H3BrN2O3S.ClH/c7-5-2-1-4(9-8)3-6(5)13(10,11)12;/h1-3H;1H. The quantitative estimate of drug-likeness (QED) is 0.543. The van der Waals surface area contributed by atoms with Gasteiger partial charge in [-0.25, -0.2) is 0 Å².